The molecule has 1 atom stereocenters. The molecule has 3 heterocycles. The minimum Gasteiger partial charge on any atom is -0.497 e. The zero-order valence-corrected chi connectivity index (χ0v) is 17.7. The van der Waals surface area contributed by atoms with Crippen molar-refractivity contribution in [3.8, 4) is 16.9 Å². The van der Waals surface area contributed by atoms with E-state index >= 15 is 0 Å². The average molecular weight is 430 g/mol. The minimum absolute atomic E-state index is 0.0633. The fraction of sp³-hybridized carbons (Fsp3) is 0.240. The zero-order valence-electron chi connectivity index (χ0n) is 17.7. The van der Waals surface area contributed by atoms with Gasteiger partial charge in [-0.1, -0.05) is 12.1 Å². The zero-order chi connectivity index (χ0) is 22.1. The molecular formula is C25H23FN4O2. The van der Waals surface area contributed by atoms with Gasteiger partial charge in [0, 0.05) is 36.3 Å². The predicted octanol–water partition coefficient (Wildman–Crippen LogP) is 4.56. The number of hydrogen-bond donors (Lipinski definition) is 0. The number of carbonyl (C=O) groups excluding carboxylic acids is 1. The van der Waals surface area contributed by atoms with Gasteiger partial charge in [-0.25, -0.2) is 13.9 Å². The number of hydrogen-bond acceptors (Lipinski definition) is 4. The van der Waals surface area contributed by atoms with Crippen LogP contribution in [0.4, 0.5) is 4.39 Å². The van der Waals surface area contributed by atoms with Crippen LogP contribution >= 0.6 is 0 Å². The van der Waals surface area contributed by atoms with Gasteiger partial charge in [0.15, 0.2) is 11.5 Å². The summed E-state index contributed by atoms with van der Waals surface area (Å²) in [5, 5.41) is 4.73. The van der Waals surface area contributed by atoms with Gasteiger partial charge in [-0.05, 0) is 66.9 Å². The molecule has 0 saturated carbocycles. The molecule has 0 aliphatic carbocycles. The van der Waals surface area contributed by atoms with E-state index < -0.39 is 0 Å². The molecule has 1 aliphatic heterocycles. The Kier molecular flexibility index (Phi) is 5.31. The van der Waals surface area contributed by atoms with Crippen molar-refractivity contribution >= 4 is 11.6 Å². The molecule has 1 fully saturated rings. The minimum atomic E-state index is -0.347. The highest BCUT2D eigenvalue weighted by Crippen LogP contribution is 2.28. The first-order valence-corrected chi connectivity index (χ1v) is 10.7. The molecule has 2 aromatic carbocycles. The van der Waals surface area contributed by atoms with Crippen molar-refractivity contribution in [3.05, 3.63) is 84.1 Å². The second kappa shape index (κ2) is 8.42. The van der Waals surface area contributed by atoms with Crippen LogP contribution in [0.1, 0.15) is 34.9 Å². The summed E-state index contributed by atoms with van der Waals surface area (Å²) >= 11 is 0. The van der Waals surface area contributed by atoms with Crippen LogP contribution in [0.15, 0.2) is 66.9 Å². The van der Waals surface area contributed by atoms with Crippen LogP contribution < -0.4 is 4.74 Å². The fourth-order valence-electron chi connectivity index (χ4n) is 4.19. The van der Waals surface area contributed by atoms with Crippen molar-refractivity contribution in [1.82, 2.24) is 19.5 Å². The molecule has 32 heavy (non-hydrogen) atoms. The highest BCUT2D eigenvalue weighted by atomic mass is 19.1. The Morgan fingerprint density at radius 1 is 1.09 bits per heavy atom. The van der Waals surface area contributed by atoms with Gasteiger partial charge < -0.3 is 9.64 Å². The average Bonchev–Trinajstić information content (AvgIpc) is 3.28. The molecule has 4 aromatic rings. The molecule has 7 heteroatoms. The Balaban J connectivity index is 1.38. The van der Waals surface area contributed by atoms with Gasteiger partial charge in [-0.15, -0.1) is 0 Å². The number of ether oxygens (including phenoxy) is 1. The SMILES string of the molecule is COc1cccc(-c2ccc3nc(C4CCCN(C(=O)c5ccc(F)cc5)C4)nn3c2)c1. The van der Waals surface area contributed by atoms with E-state index in [1.54, 1.807) is 11.6 Å². The summed E-state index contributed by atoms with van der Waals surface area (Å²) in [6.45, 7) is 1.23. The Labute approximate surface area is 185 Å². The Hall–Kier alpha value is -3.74. The van der Waals surface area contributed by atoms with E-state index in [0.29, 0.717) is 18.7 Å². The number of rotatable bonds is 4. The molecule has 1 aliphatic rings. The Bertz CT molecular complexity index is 1270. The van der Waals surface area contributed by atoms with Crippen LogP contribution in [-0.2, 0) is 0 Å². The van der Waals surface area contributed by atoms with Gasteiger partial charge in [0.25, 0.3) is 5.91 Å². The van der Waals surface area contributed by atoms with Gasteiger partial charge in [-0.2, -0.15) is 5.10 Å². The lowest BCUT2D eigenvalue weighted by Crippen LogP contribution is -2.39. The summed E-state index contributed by atoms with van der Waals surface area (Å²) < 4.78 is 20.3. The van der Waals surface area contributed by atoms with Gasteiger partial charge in [0.2, 0.25) is 0 Å². The molecule has 1 unspecified atom stereocenters. The molecule has 0 N–H and O–H groups in total. The molecule has 5 rings (SSSR count). The van der Waals surface area contributed by atoms with Gasteiger partial charge in [0.05, 0.1) is 7.11 Å². The van der Waals surface area contributed by atoms with E-state index in [1.807, 2.05) is 47.5 Å². The van der Waals surface area contributed by atoms with Crippen LogP contribution in [0.5, 0.6) is 5.75 Å². The fourth-order valence-corrected chi connectivity index (χ4v) is 4.19. The van der Waals surface area contributed by atoms with Gasteiger partial charge in [-0.3, -0.25) is 4.79 Å². The molecule has 6 nitrogen and oxygen atoms in total. The summed E-state index contributed by atoms with van der Waals surface area (Å²) in [6.07, 6.45) is 3.76. The second-order valence-electron chi connectivity index (χ2n) is 8.02. The lowest BCUT2D eigenvalue weighted by molar-refractivity contribution is 0.0704. The standard InChI is InChI=1S/C25H23FN4O2/c1-32-22-6-2-4-18(14-22)19-9-12-23-27-24(28-30(23)16-19)20-5-3-13-29(15-20)25(31)17-7-10-21(26)11-8-17/h2,4,6-12,14,16,20H,3,5,13,15H2,1H3. The molecule has 0 radical (unpaired) electrons. The maximum Gasteiger partial charge on any atom is 0.253 e. The summed E-state index contributed by atoms with van der Waals surface area (Å²) in [5.41, 5.74) is 3.33. The first kappa shape index (κ1) is 20.2. The number of carbonyl (C=O) groups is 1. The molecule has 162 valence electrons. The van der Waals surface area contributed by atoms with Crippen LogP contribution in [-0.4, -0.2) is 45.6 Å². The third-order valence-electron chi connectivity index (χ3n) is 5.92. The molecule has 2 aromatic heterocycles. The van der Waals surface area contributed by atoms with E-state index in [4.69, 9.17) is 14.8 Å². The third-order valence-corrected chi connectivity index (χ3v) is 5.92. The summed E-state index contributed by atoms with van der Waals surface area (Å²) in [7, 11) is 1.65. The van der Waals surface area contributed by atoms with Crippen LogP contribution in [0.2, 0.25) is 0 Å². The van der Waals surface area contributed by atoms with Crippen molar-refractivity contribution in [1.29, 1.82) is 0 Å². The number of pyridine rings is 1. The maximum absolute atomic E-state index is 13.2. The summed E-state index contributed by atoms with van der Waals surface area (Å²) in [4.78, 5) is 19.4. The van der Waals surface area contributed by atoms with Crippen LogP contribution in [0.25, 0.3) is 16.8 Å². The third kappa shape index (κ3) is 3.93. The number of halogens is 1. The Morgan fingerprint density at radius 3 is 2.75 bits per heavy atom. The van der Waals surface area contributed by atoms with Crippen molar-refractivity contribution in [3.63, 3.8) is 0 Å². The van der Waals surface area contributed by atoms with Crippen LogP contribution in [0, 0.1) is 5.82 Å². The van der Waals surface area contributed by atoms with E-state index in [2.05, 4.69) is 0 Å². The van der Waals surface area contributed by atoms with Crippen LogP contribution in [0.3, 0.4) is 0 Å². The normalized spacial score (nSPS) is 16.3. The highest BCUT2D eigenvalue weighted by Gasteiger charge is 2.28. The van der Waals surface area contributed by atoms with E-state index in [0.717, 1.165) is 41.2 Å². The van der Waals surface area contributed by atoms with Gasteiger partial charge >= 0.3 is 0 Å². The quantitative estimate of drug-likeness (QED) is 0.476. The second-order valence-corrected chi connectivity index (χ2v) is 8.02. The number of likely N-dealkylation sites (tertiary alicyclic amines) is 1. The highest BCUT2D eigenvalue weighted by molar-refractivity contribution is 5.94. The summed E-state index contributed by atoms with van der Waals surface area (Å²) in [6, 6.07) is 17.6. The number of nitrogens with zero attached hydrogens (tertiary/aromatic N) is 4. The van der Waals surface area contributed by atoms with Crippen molar-refractivity contribution in [2.24, 2.45) is 0 Å². The first-order chi connectivity index (χ1) is 15.6. The molecule has 1 amide bonds. The molecular weight excluding hydrogens is 407 g/mol. The van der Waals surface area contributed by atoms with Crippen molar-refractivity contribution in [2.75, 3.05) is 20.2 Å². The van der Waals surface area contributed by atoms with Gasteiger partial charge in [0.1, 0.15) is 11.6 Å². The van der Waals surface area contributed by atoms with E-state index in [-0.39, 0.29) is 17.6 Å². The molecule has 0 bridgehead atoms. The Morgan fingerprint density at radius 2 is 1.94 bits per heavy atom. The molecule has 1 saturated heterocycles. The molecule has 0 spiro atoms. The lowest BCUT2D eigenvalue weighted by Gasteiger charge is -2.31. The van der Waals surface area contributed by atoms with E-state index in [9.17, 15) is 9.18 Å². The van der Waals surface area contributed by atoms with Crippen molar-refractivity contribution in [2.45, 2.75) is 18.8 Å². The monoisotopic (exact) mass is 430 g/mol. The number of amides is 1. The van der Waals surface area contributed by atoms with E-state index in [1.165, 1.54) is 24.3 Å². The number of piperidine rings is 1. The maximum atomic E-state index is 13.2. The van der Waals surface area contributed by atoms with Crippen molar-refractivity contribution < 1.29 is 13.9 Å². The lowest BCUT2D eigenvalue weighted by atomic mass is 9.96. The first-order valence-electron chi connectivity index (χ1n) is 10.7. The number of aromatic nitrogens is 3. The topological polar surface area (TPSA) is 59.7 Å². The number of methoxy groups -OCH3 is 1. The smallest absolute Gasteiger partial charge is 0.253 e. The predicted molar refractivity (Wildman–Crippen MR) is 119 cm³/mol. The number of fused-ring (bicyclic) bond motifs is 1. The summed E-state index contributed by atoms with van der Waals surface area (Å²) in [5.74, 6) is 1.17. The largest absolute Gasteiger partial charge is 0.497 e. The number of benzene rings is 2.